The van der Waals surface area contributed by atoms with E-state index >= 15 is 0 Å². The number of nitrogens with zero attached hydrogens (tertiary/aromatic N) is 5. The molecular formula is C50H57N9O7. The van der Waals surface area contributed by atoms with Crippen LogP contribution in [0.1, 0.15) is 82.9 Å². The van der Waals surface area contributed by atoms with Crippen molar-refractivity contribution in [2.75, 3.05) is 27.3 Å². The maximum Gasteiger partial charge on any atom is 0.407 e. The second kappa shape index (κ2) is 18.4. The van der Waals surface area contributed by atoms with Crippen LogP contribution in [0.4, 0.5) is 9.59 Å². The van der Waals surface area contributed by atoms with Crippen molar-refractivity contribution in [1.82, 2.24) is 44.9 Å². The summed E-state index contributed by atoms with van der Waals surface area (Å²) in [5.41, 5.74) is 7.56. The van der Waals surface area contributed by atoms with Crippen LogP contribution in [0.3, 0.4) is 0 Å². The molecule has 2 fully saturated rings. The number of imidazole rings is 2. The van der Waals surface area contributed by atoms with Gasteiger partial charge >= 0.3 is 12.2 Å². The number of aromatic amines is 2. The summed E-state index contributed by atoms with van der Waals surface area (Å²) < 4.78 is 18.8. The smallest absolute Gasteiger partial charge is 0.407 e. The molecule has 3 aromatic carbocycles. The molecular weight excluding hydrogens is 839 g/mol. The highest BCUT2D eigenvalue weighted by Crippen LogP contribution is 2.46. The number of rotatable bonds is 12. The van der Waals surface area contributed by atoms with E-state index in [0.717, 1.165) is 87.5 Å². The maximum absolute atomic E-state index is 13.8. The topological polar surface area (TPSA) is 189 Å². The lowest BCUT2D eigenvalue weighted by atomic mass is 10.0. The van der Waals surface area contributed by atoms with Crippen LogP contribution >= 0.6 is 0 Å². The molecule has 344 valence electrons. The number of alkyl carbamates (subject to hydrolysis) is 2. The molecule has 0 spiro atoms. The van der Waals surface area contributed by atoms with Crippen LogP contribution in [-0.2, 0) is 25.5 Å². The molecule has 66 heavy (non-hydrogen) atoms. The first-order valence-corrected chi connectivity index (χ1v) is 22.8. The zero-order valence-corrected chi connectivity index (χ0v) is 38.2. The summed E-state index contributed by atoms with van der Waals surface area (Å²) in [7, 11) is 2.59. The number of ether oxygens (including phenoxy) is 3. The standard InChI is InChI=1S/C50H57N9O7/c1-28(2)43(55-49(62)64-5)46(60)57-20-10-14-34(57)25-42-51-26-36(53-42)32-16-18-35-40-23-33-22-31(17-19-38(33)59(40)48(66-41(35)24-32)30-12-8-7-9-13-30)37-27-52-45(54-37)39-15-11-21-58(39)47(61)44(29(3)4)56-50(63)65-6/h7-9,12-13,16-19,22-24,26-29,34,39,43-44,48H,10-11,14-15,20-21,25H2,1-6H3,(H,51,53)(H,52,54)(H,55,62)(H,56,63). The van der Waals surface area contributed by atoms with Crippen molar-refractivity contribution in [3.05, 3.63) is 102 Å². The van der Waals surface area contributed by atoms with E-state index in [2.05, 4.69) is 79.8 Å². The van der Waals surface area contributed by atoms with Crippen LogP contribution in [0, 0.1) is 11.8 Å². The van der Waals surface area contributed by atoms with Crippen molar-refractivity contribution < 1.29 is 33.4 Å². The fourth-order valence-electron chi connectivity index (χ4n) is 9.77. The van der Waals surface area contributed by atoms with Gasteiger partial charge in [0.2, 0.25) is 18.0 Å². The minimum Gasteiger partial charge on any atom is -0.465 e. The number of carbonyl (C=O) groups is 4. The molecule has 16 nitrogen and oxygen atoms in total. The van der Waals surface area contributed by atoms with Crippen LogP contribution in [0.5, 0.6) is 5.75 Å². The van der Waals surface area contributed by atoms with E-state index in [9.17, 15) is 19.2 Å². The molecule has 0 radical (unpaired) electrons. The van der Waals surface area contributed by atoms with Gasteiger partial charge < -0.3 is 49.2 Å². The Kier molecular flexibility index (Phi) is 12.3. The highest BCUT2D eigenvalue weighted by atomic mass is 16.5. The molecule has 0 aliphatic carbocycles. The first-order chi connectivity index (χ1) is 31.9. The Labute approximate surface area is 383 Å². The number of hydrogen-bond donors (Lipinski definition) is 4. The zero-order valence-electron chi connectivity index (χ0n) is 38.2. The summed E-state index contributed by atoms with van der Waals surface area (Å²) in [6.45, 7) is 8.83. The second-order valence-electron chi connectivity index (χ2n) is 18.1. The van der Waals surface area contributed by atoms with Crippen LogP contribution in [0.15, 0.2) is 85.2 Å². The van der Waals surface area contributed by atoms with Crippen molar-refractivity contribution >= 4 is 34.9 Å². The first-order valence-electron chi connectivity index (χ1n) is 22.8. The van der Waals surface area contributed by atoms with Crippen LogP contribution in [-0.4, -0.2) is 104 Å². The summed E-state index contributed by atoms with van der Waals surface area (Å²) in [6, 6.07) is 23.3. The quantitative estimate of drug-likeness (QED) is 0.0944. The summed E-state index contributed by atoms with van der Waals surface area (Å²) in [5, 5.41) is 6.48. The molecule has 3 aromatic heterocycles. The largest absolute Gasteiger partial charge is 0.465 e. The van der Waals surface area contributed by atoms with Crippen LogP contribution < -0.4 is 15.4 Å². The molecule has 5 unspecified atom stereocenters. The Hall–Kier alpha value is -7.10. The highest BCUT2D eigenvalue weighted by molar-refractivity contribution is 5.93. The molecule has 0 bridgehead atoms. The molecule has 6 aromatic rings. The van der Waals surface area contributed by atoms with Gasteiger partial charge in [-0.3, -0.25) is 9.59 Å². The van der Waals surface area contributed by atoms with Gasteiger partial charge in [0.05, 0.1) is 55.3 Å². The Morgan fingerprint density at radius 1 is 0.758 bits per heavy atom. The van der Waals surface area contributed by atoms with Crippen molar-refractivity contribution in [3.8, 4) is 39.5 Å². The third kappa shape index (κ3) is 8.47. The average Bonchev–Trinajstić information content (AvgIpc) is 4.19. The van der Waals surface area contributed by atoms with Gasteiger partial charge in [0, 0.05) is 53.2 Å². The van der Waals surface area contributed by atoms with Gasteiger partial charge in [-0.1, -0.05) is 70.2 Å². The normalized spacial score (nSPS) is 18.8. The SMILES string of the molecule is COC(=O)NC(C(=O)N1CCCC1Cc1ncc(-c2ccc3c(c2)OC(c2ccccc2)n2c-3cc3cc(-c4cnc(C5CCCN5C(=O)C(NC(=O)OC)C(C)C)[nH]4)ccc32)[nH]1)C(C)C. The summed E-state index contributed by atoms with van der Waals surface area (Å²) in [6.07, 6.45) is 5.83. The van der Waals surface area contributed by atoms with Gasteiger partial charge in [-0.2, -0.15) is 0 Å². The van der Waals surface area contributed by atoms with E-state index in [1.54, 1.807) is 0 Å². The number of fused-ring (bicyclic) bond motifs is 5. The molecule has 2 saturated heterocycles. The number of likely N-dealkylation sites (tertiary alicyclic amines) is 2. The van der Waals surface area contributed by atoms with Crippen molar-refractivity contribution in [1.29, 1.82) is 0 Å². The fourth-order valence-corrected chi connectivity index (χ4v) is 9.77. The predicted molar refractivity (Wildman–Crippen MR) is 248 cm³/mol. The molecule has 4 N–H and O–H groups in total. The number of carbonyl (C=O) groups excluding carboxylic acids is 4. The van der Waals surface area contributed by atoms with E-state index < -0.39 is 30.5 Å². The Morgan fingerprint density at radius 2 is 1.39 bits per heavy atom. The van der Waals surface area contributed by atoms with Gasteiger partial charge in [0.1, 0.15) is 29.5 Å². The number of nitrogens with one attached hydrogen (secondary N) is 4. The average molecular weight is 896 g/mol. The Bertz CT molecular complexity index is 2760. The maximum atomic E-state index is 13.8. The molecule has 0 saturated carbocycles. The summed E-state index contributed by atoms with van der Waals surface area (Å²) in [5.74, 6) is 1.74. The highest BCUT2D eigenvalue weighted by Gasteiger charge is 2.39. The van der Waals surface area contributed by atoms with Crippen LogP contribution in [0.2, 0.25) is 0 Å². The minimum absolute atomic E-state index is 0.0531. The molecule has 3 aliphatic rings. The Balaban J connectivity index is 0.976. The Morgan fingerprint density at radius 3 is 2.11 bits per heavy atom. The van der Waals surface area contributed by atoms with E-state index in [0.29, 0.717) is 25.3 Å². The number of methoxy groups -OCH3 is 2. The number of benzene rings is 3. The number of aromatic nitrogens is 5. The molecule has 3 aliphatic heterocycles. The molecule has 5 atom stereocenters. The zero-order chi connectivity index (χ0) is 46.2. The first kappa shape index (κ1) is 44.1. The summed E-state index contributed by atoms with van der Waals surface area (Å²) >= 11 is 0. The third-order valence-corrected chi connectivity index (χ3v) is 13.2. The minimum atomic E-state index is -0.712. The number of hydrogen-bond acceptors (Lipinski definition) is 9. The lowest BCUT2D eigenvalue weighted by Crippen LogP contribution is -2.52. The lowest BCUT2D eigenvalue weighted by molar-refractivity contribution is -0.136. The van der Waals surface area contributed by atoms with Crippen molar-refractivity contribution in [2.24, 2.45) is 11.8 Å². The van der Waals surface area contributed by atoms with Gasteiger partial charge in [-0.05, 0) is 67.9 Å². The van der Waals surface area contributed by atoms with Gasteiger partial charge in [-0.15, -0.1) is 0 Å². The van der Waals surface area contributed by atoms with Gasteiger partial charge in [-0.25, -0.2) is 19.6 Å². The molecule has 4 amide bonds. The van der Waals surface area contributed by atoms with Gasteiger partial charge in [0.25, 0.3) is 0 Å². The van der Waals surface area contributed by atoms with Gasteiger partial charge in [0.15, 0.2) is 0 Å². The lowest BCUT2D eigenvalue weighted by Gasteiger charge is -2.30. The monoisotopic (exact) mass is 895 g/mol. The molecule has 6 heterocycles. The van der Waals surface area contributed by atoms with E-state index in [-0.39, 0.29) is 35.7 Å². The fraction of sp³-hybridized carbons (Fsp3) is 0.400. The van der Waals surface area contributed by atoms with E-state index in [1.165, 1.54) is 14.2 Å². The molecule has 9 rings (SSSR count). The van der Waals surface area contributed by atoms with Crippen molar-refractivity contribution in [3.63, 3.8) is 0 Å². The third-order valence-electron chi connectivity index (χ3n) is 13.2. The predicted octanol–water partition coefficient (Wildman–Crippen LogP) is 7.99. The van der Waals surface area contributed by atoms with Crippen molar-refractivity contribution in [2.45, 2.75) is 90.2 Å². The summed E-state index contributed by atoms with van der Waals surface area (Å²) in [4.78, 5) is 71.9. The second-order valence-corrected chi connectivity index (χ2v) is 18.1. The van der Waals surface area contributed by atoms with Crippen LogP contribution in [0.25, 0.3) is 44.7 Å². The number of H-pyrrole nitrogens is 2. The number of amides is 4. The van der Waals surface area contributed by atoms with E-state index in [1.807, 2.05) is 68.1 Å². The van der Waals surface area contributed by atoms with E-state index in [4.69, 9.17) is 24.2 Å². The molecule has 16 heteroatoms.